The standard InChI is InChI=1S/C18H20N4O2/c1-18(2,3)22-14-8-6-5-7-13(14)19-17(22)20-16(24)12-9-10-21(4)15(23)11-12/h5-11H,1-4H3,(H,19,20,24). The van der Waals surface area contributed by atoms with Gasteiger partial charge in [0.2, 0.25) is 5.95 Å². The first-order chi connectivity index (χ1) is 11.3. The molecule has 0 bridgehead atoms. The molecular formula is C18H20N4O2. The molecule has 0 atom stereocenters. The van der Waals surface area contributed by atoms with Crippen molar-refractivity contribution >= 4 is 22.9 Å². The summed E-state index contributed by atoms with van der Waals surface area (Å²) in [6, 6.07) is 10.7. The lowest BCUT2D eigenvalue weighted by molar-refractivity contribution is 0.102. The Morgan fingerprint density at radius 2 is 1.88 bits per heavy atom. The highest BCUT2D eigenvalue weighted by atomic mass is 16.2. The summed E-state index contributed by atoms with van der Waals surface area (Å²) in [6.45, 7) is 6.15. The van der Waals surface area contributed by atoms with Gasteiger partial charge in [0.15, 0.2) is 0 Å². The van der Waals surface area contributed by atoms with Crippen LogP contribution in [-0.2, 0) is 12.6 Å². The second-order valence-electron chi connectivity index (χ2n) is 6.75. The van der Waals surface area contributed by atoms with E-state index in [2.05, 4.69) is 31.1 Å². The van der Waals surface area contributed by atoms with Crippen molar-refractivity contribution in [1.29, 1.82) is 0 Å². The summed E-state index contributed by atoms with van der Waals surface area (Å²) in [6.07, 6.45) is 1.57. The van der Waals surface area contributed by atoms with E-state index in [9.17, 15) is 9.59 Å². The van der Waals surface area contributed by atoms with Gasteiger partial charge in [0, 0.05) is 30.4 Å². The SMILES string of the molecule is Cn1ccc(C(=O)Nc2nc3ccccc3n2C(C)(C)C)cc1=O. The minimum atomic E-state index is -0.353. The minimum Gasteiger partial charge on any atom is -0.319 e. The summed E-state index contributed by atoms with van der Waals surface area (Å²) in [5.74, 6) is 0.114. The van der Waals surface area contributed by atoms with Gasteiger partial charge in [0.25, 0.3) is 11.5 Å². The number of aromatic nitrogens is 3. The molecule has 0 aliphatic rings. The van der Waals surface area contributed by atoms with Crippen LogP contribution in [0.4, 0.5) is 5.95 Å². The molecule has 0 fully saturated rings. The molecule has 1 aromatic carbocycles. The van der Waals surface area contributed by atoms with Gasteiger partial charge in [-0.15, -0.1) is 0 Å². The third kappa shape index (κ3) is 2.82. The second-order valence-corrected chi connectivity index (χ2v) is 6.75. The van der Waals surface area contributed by atoms with Crippen LogP contribution in [-0.4, -0.2) is 20.0 Å². The molecule has 2 heterocycles. The van der Waals surface area contributed by atoms with Gasteiger partial charge in [0.05, 0.1) is 11.0 Å². The van der Waals surface area contributed by atoms with Crippen LogP contribution in [0.25, 0.3) is 11.0 Å². The van der Waals surface area contributed by atoms with Crippen LogP contribution in [0.1, 0.15) is 31.1 Å². The van der Waals surface area contributed by atoms with E-state index in [-0.39, 0.29) is 17.0 Å². The number of benzene rings is 1. The molecule has 0 saturated carbocycles. The van der Waals surface area contributed by atoms with Crippen molar-refractivity contribution in [3.05, 3.63) is 58.5 Å². The first kappa shape index (κ1) is 16.0. The number of rotatable bonds is 2. The number of aryl methyl sites for hydroxylation is 1. The van der Waals surface area contributed by atoms with Crippen molar-refractivity contribution in [2.24, 2.45) is 7.05 Å². The zero-order valence-electron chi connectivity index (χ0n) is 14.2. The van der Waals surface area contributed by atoms with Crippen molar-refractivity contribution in [2.45, 2.75) is 26.3 Å². The fraction of sp³-hybridized carbons (Fsp3) is 0.278. The quantitative estimate of drug-likeness (QED) is 0.788. The summed E-state index contributed by atoms with van der Waals surface area (Å²) in [4.78, 5) is 28.8. The summed E-state index contributed by atoms with van der Waals surface area (Å²) in [5, 5.41) is 2.83. The molecule has 24 heavy (non-hydrogen) atoms. The molecule has 0 saturated heterocycles. The van der Waals surface area contributed by atoms with Crippen LogP contribution in [0.5, 0.6) is 0 Å². The Bertz CT molecular complexity index is 977. The van der Waals surface area contributed by atoms with Crippen LogP contribution >= 0.6 is 0 Å². The number of fused-ring (bicyclic) bond motifs is 1. The van der Waals surface area contributed by atoms with Gasteiger partial charge < -0.3 is 9.13 Å². The Labute approximate surface area is 139 Å². The van der Waals surface area contributed by atoms with Gasteiger partial charge >= 0.3 is 0 Å². The van der Waals surface area contributed by atoms with E-state index < -0.39 is 0 Å². The number of carbonyl (C=O) groups excluding carboxylic acids is 1. The molecular weight excluding hydrogens is 304 g/mol. The van der Waals surface area contributed by atoms with Gasteiger partial charge in [-0.1, -0.05) is 12.1 Å². The highest BCUT2D eigenvalue weighted by Gasteiger charge is 2.22. The maximum absolute atomic E-state index is 12.5. The average molecular weight is 324 g/mol. The number of carbonyl (C=O) groups is 1. The fourth-order valence-electron chi connectivity index (χ4n) is 2.65. The third-order valence-corrected chi connectivity index (χ3v) is 3.82. The largest absolute Gasteiger partial charge is 0.319 e. The number of hydrogen-bond donors (Lipinski definition) is 1. The molecule has 3 aromatic rings. The van der Waals surface area contributed by atoms with Crippen LogP contribution in [0.15, 0.2) is 47.4 Å². The molecule has 124 valence electrons. The van der Waals surface area contributed by atoms with E-state index >= 15 is 0 Å². The van der Waals surface area contributed by atoms with Crippen molar-refractivity contribution in [2.75, 3.05) is 5.32 Å². The number of amides is 1. The molecule has 3 rings (SSSR count). The third-order valence-electron chi connectivity index (χ3n) is 3.82. The summed E-state index contributed by atoms with van der Waals surface area (Å²) < 4.78 is 3.41. The lowest BCUT2D eigenvalue weighted by Crippen LogP contribution is -2.26. The topological polar surface area (TPSA) is 68.9 Å². The Hall–Kier alpha value is -2.89. The van der Waals surface area contributed by atoms with Crippen LogP contribution in [0, 0.1) is 0 Å². The Kier molecular flexibility index (Phi) is 3.75. The number of nitrogens with one attached hydrogen (secondary N) is 1. The van der Waals surface area contributed by atoms with Crippen molar-refractivity contribution in [3.63, 3.8) is 0 Å². The van der Waals surface area contributed by atoms with E-state index in [1.54, 1.807) is 19.3 Å². The van der Waals surface area contributed by atoms with Gasteiger partial charge in [-0.05, 0) is 39.0 Å². The number of imidazole rings is 1. The summed E-state index contributed by atoms with van der Waals surface area (Å²) in [7, 11) is 1.64. The first-order valence-corrected chi connectivity index (χ1v) is 7.73. The molecule has 0 aliphatic heterocycles. The van der Waals surface area contributed by atoms with Gasteiger partial charge in [0.1, 0.15) is 0 Å². The molecule has 0 aliphatic carbocycles. The Morgan fingerprint density at radius 3 is 2.54 bits per heavy atom. The molecule has 0 spiro atoms. The van der Waals surface area contributed by atoms with Crippen molar-refractivity contribution in [1.82, 2.24) is 14.1 Å². The lowest BCUT2D eigenvalue weighted by Gasteiger charge is -2.24. The van der Waals surface area contributed by atoms with Gasteiger partial charge in [-0.2, -0.15) is 0 Å². The molecule has 1 N–H and O–H groups in total. The van der Waals surface area contributed by atoms with Crippen molar-refractivity contribution < 1.29 is 4.79 Å². The molecule has 0 unspecified atom stereocenters. The van der Waals surface area contributed by atoms with E-state index in [0.717, 1.165) is 11.0 Å². The normalized spacial score (nSPS) is 11.7. The van der Waals surface area contributed by atoms with Crippen molar-refractivity contribution in [3.8, 4) is 0 Å². The number of para-hydroxylation sites is 2. The average Bonchev–Trinajstić information content (AvgIpc) is 2.87. The van der Waals surface area contributed by atoms with Gasteiger partial charge in [-0.3, -0.25) is 14.9 Å². The fourth-order valence-corrected chi connectivity index (χ4v) is 2.65. The first-order valence-electron chi connectivity index (χ1n) is 7.73. The predicted octanol–water partition coefficient (Wildman–Crippen LogP) is 2.74. The second kappa shape index (κ2) is 5.63. The van der Waals surface area contributed by atoms with Gasteiger partial charge in [-0.25, -0.2) is 4.98 Å². The molecule has 0 radical (unpaired) electrons. The monoisotopic (exact) mass is 324 g/mol. The van der Waals surface area contributed by atoms with E-state index in [4.69, 9.17) is 0 Å². The number of pyridine rings is 1. The zero-order chi connectivity index (χ0) is 17.5. The molecule has 6 heteroatoms. The molecule has 2 aromatic heterocycles. The summed E-state index contributed by atoms with van der Waals surface area (Å²) >= 11 is 0. The van der Waals surface area contributed by atoms with Crippen LogP contribution in [0.2, 0.25) is 0 Å². The smallest absolute Gasteiger partial charge is 0.258 e. The van der Waals surface area contributed by atoms with Crippen LogP contribution < -0.4 is 10.9 Å². The predicted molar refractivity (Wildman–Crippen MR) is 94.4 cm³/mol. The summed E-state index contributed by atoms with van der Waals surface area (Å²) in [5.41, 5.74) is 1.58. The Balaban J connectivity index is 2.05. The molecule has 1 amide bonds. The number of anilines is 1. The highest BCUT2D eigenvalue weighted by Crippen LogP contribution is 2.28. The highest BCUT2D eigenvalue weighted by molar-refractivity contribution is 6.04. The maximum Gasteiger partial charge on any atom is 0.258 e. The number of hydrogen-bond acceptors (Lipinski definition) is 3. The minimum absolute atomic E-state index is 0.230. The van der Waals surface area contributed by atoms with E-state index in [1.807, 2.05) is 28.8 Å². The van der Waals surface area contributed by atoms with E-state index in [1.165, 1.54) is 10.6 Å². The lowest BCUT2D eigenvalue weighted by atomic mass is 10.1. The van der Waals surface area contributed by atoms with E-state index in [0.29, 0.717) is 11.5 Å². The maximum atomic E-state index is 12.5. The number of nitrogens with zero attached hydrogens (tertiary/aromatic N) is 3. The molecule has 6 nitrogen and oxygen atoms in total. The van der Waals surface area contributed by atoms with Crippen LogP contribution in [0.3, 0.4) is 0 Å². The Morgan fingerprint density at radius 1 is 1.17 bits per heavy atom. The zero-order valence-corrected chi connectivity index (χ0v) is 14.2.